The van der Waals surface area contributed by atoms with Crippen molar-refractivity contribution in [1.29, 1.82) is 0 Å². The molecule has 0 atom stereocenters. The van der Waals surface area contributed by atoms with E-state index in [0.717, 1.165) is 5.56 Å². The molecule has 5 heteroatoms. The maximum absolute atomic E-state index is 10.7. The standard InChI is InChI=1S/C8H9BrN2O2/c1-3-2-4(8(12)13)6(10)7(11)5(3)9/h2H,10-11H2,1H3,(H,12,13). The first-order valence-corrected chi connectivity index (χ1v) is 4.31. The van der Waals surface area contributed by atoms with Crippen LogP contribution in [-0.4, -0.2) is 11.1 Å². The molecule has 0 radical (unpaired) electrons. The highest BCUT2D eigenvalue weighted by Gasteiger charge is 2.14. The molecule has 0 amide bonds. The van der Waals surface area contributed by atoms with E-state index >= 15 is 0 Å². The van der Waals surface area contributed by atoms with Crippen molar-refractivity contribution in [3.8, 4) is 0 Å². The fourth-order valence-electron chi connectivity index (χ4n) is 1.01. The van der Waals surface area contributed by atoms with Crippen LogP contribution in [0.3, 0.4) is 0 Å². The van der Waals surface area contributed by atoms with Crippen molar-refractivity contribution in [3.05, 3.63) is 21.7 Å². The third kappa shape index (κ3) is 1.60. The molecule has 0 aliphatic carbocycles. The Labute approximate surface area is 83.7 Å². The Kier molecular flexibility index (Phi) is 2.47. The Bertz CT molecular complexity index is 377. The quantitative estimate of drug-likeness (QED) is 0.656. The van der Waals surface area contributed by atoms with Crippen LogP contribution >= 0.6 is 15.9 Å². The molecule has 0 saturated heterocycles. The molecule has 1 rings (SSSR count). The number of carbonyl (C=O) groups is 1. The van der Waals surface area contributed by atoms with Crippen LogP contribution in [0.25, 0.3) is 0 Å². The van der Waals surface area contributed by atoms with Gasteiger partial charge in [0.25, 0.3) is 0 Å². The molecule has 0 aliphatic heterocycles. The summed E-state index contributed by atoms with van der Waals surface area (Å²) in [7, 11) is 0. The van der Waals surface area contributed by atoms with E-state index in [-0.39, 0.29) is 16.9 Å². The topological polar surface area (TPSA) is 89.3 Å². The van der Waals surface area contributed by atoms with E-state index < -0.39 is 5.97 Å². The summed E-state index contributed by atoms with van der Waals surface area (Å²) in [6, 6.07) is 1.48. The molecule has 0 bridgehead atoms. The highest BCUT2D eigenvalue weighted by molar-refractivity contribution is 9.10. The summed E-state index contributed by atoms with van der Waals surface area (Å²) in [5.41, 5.74) is 12.3. The average molecular weight is 245 g/mol. The number of aromatic carboxylic acids is 1. The first-order valence-electron chi connectivity index (χ1n) is 3.52. The number of rotatable bonds is 1. The predicted octanol–water partition coefficient (Wildman–Crippen LogP) is 1.62. The number of halogens is 1. The fourth-order valence-corrected chi connectivity index (χ4v) is 1.34. The number of hydrogen-bond donors (Lipinski definition) is 3. The van der Waals surface area contributed by atoms with Gasteiger partial charge in [-0.15, -0.1) is 0 Å². The van der Waals surface area contributed by atoms with E-state index in [1.54, 1.807) is 6.92 Å². The smallest absolute Gasteiger partial charge is 0.337 e. The lowest BCUT2D eigenvalue weighted by molar-refractivity contribution is 0.0698. The maximum Gasteiger partial charge on any atom is 0.337 e. The van der Waals surface area contributed by atoms with Gasteiger partial charge in [0.05, 0.1) is 16.9 Å². The van der Waals surface area contributed by atoms with E-state index in [0.29, 0.717) is 4.47 Å². The largest absolute Gasteiger partial charge is 0.478 e. The van der Waals surface area contributed by atoms with E-state index in [4.69, 9.17) is 16.6 Å². The molecule has 0 fully saturated rings. The van der Waals surface area contributed by atoms with Crippen LogP contribution in [0.5, 0.6) is 0 Å². The average Bonchev–Trinajstić information content (AvgIpc) is 2.07. The number of nitrogen functional groups attached to an aromatic ring is 2. The number of nitrogens with two attached hydrogens (primary N) is 2. The zero-order valence-corrected chi connectivity index (χ0v) is 8.55. The summed E-state index contributed by atoms with van der Waals surface area (Å²) >= 11 is 3.22. The molecule has 0 spiro atoms. The van der Waals surface area contributed by atoms with Crippen LogP contribution in [0.4, 0.5) is 11.4 Å². The Hall–Kier alpha value is -1.23. The second kappa shape index (κ2) is 3.26. The normalized spacial score (nSPS) is 10.0. The first-order chi connectivity index (χ1) is 5.95. The van der Waals surface area contributed by atoms with E-state index in [9.17, 15) is 4.79 Å². The van der Waals surface area contributed by atoms with Crippen molar-refractivity contribution >= 4 is 33.3 Å². The van der Waals surface area contributed by atoms with E-state index in [2.05, 4.69) is 15.9 Å². The maximum atomic E-state index is 10.7. The molecule has 4 nitrogen and oxygen atoms in total. The Morgan fingerprint density at radius 2 is 2.00 bits per heavy atom. The molecule has 0 aliphatic rings. The lowest BCUT2D eigenvalue weighted by atomic mass is 10.1. The summed E-state index contributed by atoms with van der Waals surface area (Å²) < 4.78 is 0.648. The third-order valence-electron chi connectivity index (χ3n) is 1.75. The minimum absolute atomic E-state index is 0.0400. The molecular weight excluding hydrogens is 236 g/mol. The molecule has 0 aromatic heterocycles. The summed E-state index contributed by atoms with van der Waals surface area (Å²) in [4.78, 5) is 10.7. The van der Waals surface area contributed by atoms with Gasteiger partial charge < -0.3 is 16.6 Å². The summed E-state index contributed by atoms with van der Waals surface area (Å²) in [6.07, 6.45) is 0. The number of benzene rings is 1. The van der Waals surface area contributed by atoms with Crippen LogP contribution in [0.2, 0.25) is 0 Å². The fraction of sp³-hybridized carbons (Fsp3) is 0.125. The highest BCUT2D eigenvalue weighted by atomic mass is 79.9. The summed E-state index contributed by atoms with van der Waals surface area (Å²) in [6.45, 7) is 1.76. The molecule has 5 N–H and O–H groups in total. The Morgan fingerprint density at radius 3 is 2.46 bits per heavy atom. The van der Waals surface area contributed by atoms with Crippen LogP contribution < -0.4 is 11.5 Å². The van der Waals surface area contributed by atoms with Gasteiger partial charge in [-0.05, 0) is 34.5 Å². The van der Waals surface area contributed by atoms with Crippen molar-refractivity contribution in [3.63, 3.8) is 0 Å². The number of carboxylic acid groups (broad SMARTS) is 1. The van der Waals surface area contributed by atoms with Gasteiger partial charge in [0.2, 0.25) is 0 Å². The minimum atomic E-state index is -1.07. The molecule has 0 saturated carbocycles. The van der Waals surface area contributed by atoms with Gasteiger partial charge in [-0.25, -0.2) is 4.79 Å². The molecule has 1 aromatic rings. The monoisotopic (exact) mass is 244 g/mol. The van der Waals surface area contributed by atoms with Crippen molar-refractivity contribution in [1.82, 2.24) is 0 Å². The predicted molar refractivity (Wildman–Crippen MR) is 54.7 cm³/mol. The second-order valence-electron chi connectivity index (χ2n) is 2.69. The van der Waals surface area contributed by atoms with Gasteiger partial charge in [0.15, 0.2) is 0 Å². The number of aryl methyl sites for hydroxylation is 1. The van der Waals surface area contributed by atoms with Crippen molar-refractivity contribution in [2.75, 3.05) is 11.5 Å². The lowest BCUT2D eigenvalue weighted by Gasteiger charge is -2.09. The zero-order valence-electron chi connectivity index (χ0n) is 6.97. The Morgan fingerprint density at radius 1 is 1.46 bits per heavy atom. The van der Waals surface area contributed by atoms with Gasteiger partial charge in [-0.2, -0.15) is 0 Å². The number of anilines is 2. The van der Waals surface area contributed by atoms with Gasteiger partial charge in [-0.3, -0.25) is 0 Å². The number of carboxylic acids is 1. The lowest BCUT2D eigenvalue weighted by Crippen LogP contribution is -2.07. The summed E-state index contributed by atoms with van der Waals surface area (Å²) in [5, 5.41) is 8.75. The molecular formula is C8H9BrN2O2. The van der Waals surface area contributed by atoms with Gasteiger partial charge in [-0.1, -0.05) is 0 Å². The molecule has 0 unspecified atom stereocenters. The van der Waals surface area contributed by atoms with E-state index in [1.807, 2.05) is 0 Å². The molecule has 1 aromatic carbocycles. The minimum Gasteiger partial charge on any atom is -0.478 e. The molecule has 0 heterocycles. The summed E-state index contributed by atoms with van der Waals surface area (Å²) in [5.74, 6) is -1.07. The SMILES string of the molecule is Cc1cc(C(=O)O)c(N)c(N)c1Br. The van der Waals surface area contributed by atoms with Crippen LogP contribution in [0.15, 0.2) is 10.5 Å². The van der Waals surface area contributed by atoms with Crippen LogP contribution in [0, 0.1) is 6.92 Å². The molecule has 70 valence electrons. The number of hydrogen-bond acceptors (Lipinski definition) is 3. The van der Waals surface area contributed by atoms with Crippen molar-refractivity contribution in [2.24, 2.45) is 0 Å². The van der Waals surface area contributed by atoms with Crippen molar-refractivity contribution < 1.29 is 9.90 Å². The highest BCUT2D eigenvalue weighted by Crippen LogP contribution is 2.31. The Balaban J connectivity index is 3.50. The first kappa shape index (κ1) is 9.85. The van der Waals surface area contributed by atoms with Gasteiger partial charge >= 0.3 is 5.97 Å². The van der Waals surface area contributed by atoms with Crippen LogP contribution in [0.1, 0.15) is 15.9 Å². The van der Waals surface area contributed by atoms with Gasteiger partial charge in [0, 0.05) is 4.47 Å². The third-order valence-corrected chi connectivity index (χ3v) is 2.81. The zero-order chi connectivity index (χ0) is 10.2. The molecule has 13 heavy (non-hydrogen) atoms. The van der Waals surface area contributed by atoms with Crippen molar-refractivity contribution in [2.45, 2.75) is 6.92 Å². The van der Waals surface area contributed by atoms with Crippen LogP contribution in [-0.2, 0) is 0 Å². The van der Waals surface area contributed by atoms with E-state index in [1.165, 1.54) is 6.07 Å². The second-order valence-corrected chi connectivity index (χ2v) is 3.48. The van der Waals surface area contributed by atoms with Gasteiger partial charge in [0.1, 0.15) is 0 Å².